The molecule has 0 spiro atoms. The fraction of sp³-hybridized carbons (Fsp3) is 0.320. The number of benzene rings is 2. The summed E-state index contributed by atoms with van der Waals surface area (Å²) in [6.45, 7) is 5.03. The predicted molar refractivity (Wildman–Crippen MR) is 124 cm³/mol. The van der Waals surface area contributed by atoms with Gasteiger partial charge in [-0.25, -0.2) is 18.7 Å². The maximum Gasteiger partial charge on any atom is 0.337 e. The van der Waals surface area contributed by atoms with Crippen molar-refractivity contribution in [1.82, 2.24) is 18.7 Å². The number of ether oxygens (including phenoxy) is 1. The molecule has 0 amide bonds. The lowest BCUT2D eigenvalue weighted by atomic mass is 10.1. The minimum Gasteiger partial charge on any atom is -0.376 e. The van der Waals surface area contributed by atoms with Crippen molar-refractivity contribution in [3.8, 4) is 5.69 Å². The number of para-hydroxylation sites is 1. The molecule has 1 fully saturated rings. The number of hydrogen-bond acceptors (Lipinski definition) is 4. The third-order valence-electron chi connectivity index (χ3n) is 6.24. The van der Waals surface area contributed by atoms with Gasteiger partial charge >= 0.3 is 5.69 Å². The van der Waals surface area contributed by atoms with E-state index in [9.17, 15) is 14.0 Å². The molecule has 3 heterocycles. The molecular weight excluding hydrogens is 423 g/mol. The van der Waals surface area contributed by atoms with E-state index in [2.05, 4.69) is 4.98 Å². The van der Waals surface area contributed by atoms with Crippen molar-refractivity contribution in [3.05, 3.63) is 92.1 Å². The summed E-state index contributed by atoms with van der Waals surface area (Å²) in [4.78, 5) is 31.8. The van der Waals surface area contributed by atoms with E-state index in [4.69, 9.17) is 4.74 Å². The van der Waals surface area contributed by atoms with E-state index in [1.165, 1.54) is 21.3 Å². The number of imidazole rings is 1. The largest absolute Gasteiger partial charge is 0.376 e. The molecule has 0 bridgehead atoms. The summed E-state index contributed by atoms with van der Waals surface area (Å²) in [5, 5.41) is 0. The first-order valence-electron chi connectivity index (χ1n) is 11.1. The predicted octanol–water partition coefficient (Wildman–Crippen LogP) is 3.33. The maximum absolute atomic E-state index is 13.7. The Hall–Kier alpha value is -3.52. The van der Waals surface area contributed by atoms with Gasteiger partial charge in [-0.15, -0.1) is 0 Å². The van der Waals surface area contributed by atoms with Crippen molar-refractivity contribution in [2.75, 3.05) is 6.61 Å². The van der Waals surface area contributed by atoms with Crippen LogP contribution in [-0.4, -0.2) is 31.4 Å². The molecule has 8 heteroatoms. The average Bonchev–Trinajstić information content (AvgIpc) is 3.45. The zero-order valence-corrected chi connectivity index (χ0v) is 18.6. The van der Waals surface area contributed by atoms with Crippen LogP contribution in [0.1, 0.15) is 29.5 Å². The van der Waals surface area contributed by atoms with Gasteiger partial charge in [0, 0.05) is 13.2 Å². The van der Waals surface area contributed by atoms with E-state index in [0.717, 1.165) is 35.2 Å². The molecule has 0 aliphatic carbocycles. The van der Waals surface area contributed by atoms with E-state index in [1.54, 1.807) is 23.0 Å². The summed E-state index contributed by atoms with van der Waals surface area (Å²) >= 11 is 0. The molecular formula is C25H25FN4O3. The molecule has 0 saturated carbocycles. The summed E-state index contributed by atoms with van der Waals surface area (Å²) in [6, 6.07) is 11.9. The zero-order chi connectivity index (χ0) is 23.1. The first kappa shape index (κ1) is 21.3. The third-order valence-corrected chi connectivity index (χ3v) is 6.24. The molecule has 33 heavy (non-hydrogen) atoms. The summed E-state index contributed by atoms with van der Waals surface area (Å²) in [5.74, 6) is -0.322. The molecule has 0 N–H and O–H groups in total. The normalized spacial score (nSPS) is 16.0. The van der Waals surface area contributed by atoms with E-state index in [-0.39, 0.29) is 18.5 Å². The number of nitrogens with zero attached hydrogens (tertiary/aromatic N) is 4. The van der Waals surface area contributed by atoms with Crippen LogP contribution < -0.4 is 11.2 Å². The van der Waals surface area contributed by atoms with Crippen molar-refractivity contribution in [1.29, 1.82) is 0 Å². The van der Waals surface area contributed by atoms with Crippen LogP contribution in [0.4, 0.5) is 4.39 Å². The topological polar surface area (TPSA) is 71.1 Å². The second-order valence-electron chi connectivity index (χ2n) is 8.58. The Morgan fingerprint density at radius 1 is 1.09 bits per heavy atom. The second-order valence-corrected chi connectivity index (χ2v) is 8.58. The lowest BCUT2D eigenvalue weighted by molar-refractivity contribution is 0.0950. The van der Waals surface area contributed by atoms with E-state index >= 15 is 0 Å². The Bertz CT molecular complexity index is 1420. The first-order chi connectivity index (χ1) is 15.9. The van der Waals surface area contributed by atoms with Crippen LogP contribution in [0.5, 0.6) is 0 Å². The van der Waals surface area contributed by atoms with Crippen molar-refractivity contribution in [2.45, 2.75) is 45.9 Å². The lowest BCUT2D eigenvalue weighted by Crippen LogP contribution is -2.42. The first-order valence-corrected chi connectivity index (χ1v) is 11.1. The zero-order valence-electron chi connectivity index (χ0n) is 18.6. The molecule has 170 valence electrons. The second kappa shape index (κ2) is 8.44. The summed E-state index contributed by atoms with van der Waals surface area (Å²) in [7, 11) is 0. The number of rotatable bonds is 5. The number of fused-ring (bicyclic) bond motifs is 1. The quantitative estimate of drug-likeness (QED) is 0.470. The highest BCUT2D eigenvalue weighted by molar-refractivity contribution is 5.73. The van der Waals surface area contributed by atoms with Gasteiger partial charge in [-0.3, -0.25) is 9.36 Å². The van der Waals surface area contributed by atoms with E-state index in [1.807, 2.05) is 32.0 Å². The van der Waals surface area contributed by atoms with Crippen molar-refractivity contribution in [2.24, 2.45) is 0 Å². The molecule has 2 aromatic carbocycles. The highest BCUT2D eigenvalue weighted by Gasteiger charge is 2.24. The van der Waals surface area contributed by atoms with Crippen molar-refractivity contribution < 1.29 is 9.13 Å². The summed E-state index contributed by atoms with van der Waals surface area (Å²) in [6.07, 6.45) is 3.11. The fourth-order valence-corrected chi connectivity index (χ4v) is 4.60. The molecule has 1 saturated heterocycles. The number of aryl methyl sites for hydroxylation is 2. The van der Waals surface area contributed by atoms with Crippen LogP contribution in [0.25, 0.3) is 16.9 Å². The molecule has 0 radical (unpaired) electrons. The van der Waals surface area contributed by atoms with Gasteiger partial charge in [0.15, 0.2) is 11.2 Å². The minimum atomic E-state index is -0.424. The van der Waals surface area contributed by atoms with E-state index < -0.39 is 11.2 Å². The van der Waals surface area contributed by atoms with Gasteiger partial charge in [-0.2, -0.15) is 0 Å². The molecule has 1 aliphatic heterocycles. The van der Waals surface area contributed by atoms with Crippen LogP contribution in [0.2, 0.25) is 0 Å². The Kier molecular flexibility index (Phi) is 5.46. The summed E-state index contributed by atoms with van der Waals surface area (Å²) in [5.41, 5.74) is 3.20. The number of hydrogen-bond donors (Lipinski definition) is 0. The Balaban J connectivity index is 1.76. The van der Waals surface area contributed by atoms with Crippen LogP contribution in [0.3, 0.4) is 0 Å². The molecule has 5 rings (SSSR count). The lowest BCUT2D eigenvalue weighted by Gasteiger charge is -2.17. The standard InChI is InChI=1S/C25H25FN4O3/c1-16-5-3-6-17(2)21(16)30-23-22(24(31)29(25(30)32)14-20-7-4-12-33-20)28(15-27-23)13-18-8-10-19(26)11-9-18/h3,5-6,8-11,15,20H,4,7,12-14H2,1-2H3/t20-/m0/s1. The smallest absolute Gasteiger partial charge is 0.337 e. The van der Waals surface area contributed by atoms with Gasteiger partial charge in [-0.1, -0.05) is 30.3 Å². The SMILES string of the molecule is Cc1cccc(C)c1-n1c(=O)n(C[C@@H]2CCCO2)c(=O)c2c1ncn2Cc1ccc(F)cc1. The van der Waals surface area contributed by atoms with Gasteiger partial charge in [0.25, 0.3) is 5.56 Å². The van der Waals surface area contributed by atoms with Gasteiger partial charge < -0.3 is 9.30 Å². The van der Waals surface area contributed by atoms with Gasteiger partial charge in [0.1, 0.15) is 5.82 Å². The van der Waals surface area contributed by atoms with Crippen molar-refractivity contribution in [3.63, 3.8) is 0 Å². The minimum absolute atomic E-state index is 0.173. The highest BCUT2D eigenvalue weighted by atomic mass is 19.1. The molecule has 7 nitrogen and oxygen atoms in total. The molecule has 4 aromatic rings. The fourth-order valence-electron chi connectivity index (χ4n) is 4.60. The summed E-state index contributed by atoms with van der Waals surface area (Å²) < 4.78 is 23.6. The monoisotopic (exact) mass is 448 g/mol. The molecule has 0 unspecified atom stereocenters. The Morgan fingerprint density at radius 3 is 2.48 bits per heavy atom. The molecule has 2 aromatic heterocycles. The molecule has 1 aliphatic rings. The number of halogens is 1. The van der Waals surface area contributed by atoms with Crippen LogP contribution in [0, 0.1) is 19.7 Å². The highest BCUT2D eigenvalue weighted by Crippen LogP contribution is 2.21. The third kappa shape index (κ3) is 3.80. The van der Waals surface area contributed by atoms with Gasteiger partial charge in [0.05, 0.1) is 24.7 Å². The maximum atomic E-state index is 13.7. The van der Waals surface area contributed by atoms with Crippen molar-refractivity contribution >= 4 is 11.2 Å². The Morgan fingerprint density at radius 2 is 1.82 bits per heavy atom. The van der Waals surface area contributed by atoms with Gasteiger partial charge in [-0.05, 0) is 55.5 Å². The van der Waals surface area contributed by atoms with Gasteiger partial charge in [0.2, 0.25) is 0 Å². The van der Waals surface area contributed by atoms with E-state index in [0.29, 0.717) is 24.3 Å². The van der Waals surface area contributed by atoms with Crippen LogP contribution >= 0.6 is 0 Å². The molecule has 1 atom stereocenters. The van der Waals surface area contributed by atoms with Crippen LogP contribution in [-0.2, 0) is 17.8 Å². The number of aromatic nitrogens is 4. The van der Waals surface area contributed by atoms with Crippen LogP contribution in [0.15, 0.2) is 58.4 Å². The average molecular weight is 448 g/mol. The Labute approximate surface area is 189 Å².